The van der Waals surface area contributed by atoms with Gasteiger partial charge in [0.05, 0.1) is 0 Å². The molecule has 6 unspecified atom stereocenters. The molecule has 0 radical (unpaired) electrons. The maximum absolute atomic E-state index is 2.64. The summed E-state index contributed by atoms with van der Waals surface area (Å²) in [5, 5.41) is 0. The topological polar surface area (TPSA) is 0 Å². The Labute approximate surface area is 140 Å². The predicted octanol–water partition coefficient (Wildman–Crippen LogP) is 7.33. The summed E-state index contributed by atoms with van der Waals surface area (Å²) in [6, 6.07) is 0. The van der Waals surface area contributed by atoms with Crippen molar-refractivity contribution in [2.45, 2.75) is 99.8 Å². The van der Waals surface area contributed by atoms with Crippen LogP contribution in [0.5, 0.6) is 0 Å². The third-order valence-corrected chi connectivity index (χ3v) is 8.19. The highest BCUT2D eigenvalue weighted by molar-refractivity contribution is 5.04. The van der Waals surface area contributed by atoms with Crippen LogP contribution in [-0.4, -0.2) is 0 Å². The van der Waals surface area contributed by atoms with Crippen LogP contribution in [0.3, 0.4) is 0 Å². The Kier molecular flexibility index (Phi) is 5.72. The van der Waals surface area contributed by atoms with Crippen LogP contribution in [0.25, 0.3) is 0 Å². The van der Waals surface area contributed by atoms with Gasteiger partial charge in [-0.15, -0.1) is 0 Å². The lowest BCUT2D eigenvalue weighted by Crippen LogP contribution is -2.46. The van der Waals surface area contributed by atoms with E-state index in [1.54, 1.807) is 0 Å². The van der Waals surface area contributed by atoms with Gasteiger partial charge in [0.2, 0.25) is 0 Å². The Hall–Kier alpha value is 0. The molecule has 3 fully saturated rings. The van der Waals surface area contributed by atoms with E-state index in [4.69, 9.17) is 0 Å². The van der Waals surface area contributed by atoms with Crippen LogP contribution in [-0.2, 0) is 0 Å². The Morgan fingerprint density at radius 1 is 0.682 bits per heavy atom. The molecular weight excluding hydrogens is 264 g/mol. The maximum Gasteiger partial charge on any atom is -0.0269 e. The Morgan fingerprint density at radius 2 is 1.36 bits per heavy atom. The zero-order valence-electron chi connectivity index (χ0n) is 16.5. The highest BCUT2D eigenvalue weighted by Crippen LogP contribution is 2.63. The molecule has 6 atom stereocenters. The smallest absolute Gasteiger partial charge is 0.0269 e. The quantitative estimate of drug-likeness (QED) is 0.439. The molecule has 0 nitrogen and oxygen atoms in total. The average Bonchev–Trinajstić information content (AvgIpc) is 2.79. The van der Waals surface area contributed by atoms with E-state index in [0.717, 1.165) is 29.6 Å². The molecule has 3 rings (SSSR count). The van der Waals surface area contributed by atoms with Gasteiger partial charge in [-0.2, -0.15) is 0 Å². The predicted molar refractivity (Wildman–Crippen MR) is 99.0 cm³/mol. The second-order valence-electron chi connectivity index (χ2n) is 9.61. The first-order valence-corrected chi connectivity index (χ1v) is 10.3. The Morgan fingerprint density at radius 3 is 2.05 bits per heavy atom. The zero-order chi connectivity index (χ0) is 16.5. The minimum atomic E-state index is 0.590. The van der Waals surface area contributed by atoms with Gasteiger partial charge >= 0.3 is 0 Å². The van der Waals surface area contributed by atoms with Crippen LogP contribution in [0, 0.1) is 40.4 Å². The summed E-state index contributed by atoms with van der Waals surface area (Å²) < 4.78 is 0. The van der Waals surface area contributed by atoms with Crippen molar-refractivity contribution < 1.29 is 0 Å². The molecule has 3 saturated carbocycles. The van der Waals surface area contributed by atoms with Crippen LogP contribution in [0.4, 0.5) is 0 Å². The van der Waals surface area contributed by atoms with E-state index >= 15 is 0 Å². The number of hydrogen-bond acceptors (Lipinski definition) is 0. The minimum Gasteiger partial charge on any atom is -0.0683 e. The van der Waals surface area contributed by atoms with Crippen molar-refractivity contribution in [3.63, 3.8) is 0 Å². The van der Waals surface area contributed by atoms with Gasteiger partial charge in [0.15, 0.2) is 0 Å². The number of fused-ring (bicyclic) bond motifs is 3. The van der Waals surface area contributed by atoms with E-state index in [1.807, 2.05) is 13.8 Å². The van der Waals surface area contributed by atoms with Crippen molar-refractivity contribution >= 4 is 0 Å². The Balaban J connectivity index is 0.000000847. The van der Waals surface area contributed by atoms with Crippen molar-refractivity contribution in [1.82, 2.24) is 0 Å². The summed E-state index contributed by atoms with van der Waals surface area (Å²) in [4.78, 5) is 0. The molecule has 0 bridgehead atoms. The molecule has 0 aliphatic heterocycles. The summed E-state index contributed by atoms with van der Waals surface area (Å²) in [5.41, 5.74) is 1.27. The van der Waals surface area contributed by atoms with E-state index in [0.29, 0.717) is 10.8 Å². The van der Waals surface area contributed by atoms with Crippen molar-refractivity contribution in [2.75, 3.05) is 0 Å². The van der Waals surface area contributed by atoms with Crippen molar-refractivity contribution in [2.24, 2.45) is 40.4 Å². The lowest BCUT2D eigenvalue weighted by molar-refractivity contribution is -0.0476. The van der Waals surface area contributed by atoms with Crippen molar-refractivity contribution in [1.29, 1.82) is 0 Å². The lowest BCUT2D eigenvalue weighted by atomic mass is 9.51. The zero-order valence-corrected chi connectivity index (χ0v) is 16.5. The van der Waals surface area contributed by atoms with Gasteiger partial charge in [-0.25, -0.2) is 0 Å². The van der Waals surface area contributed by atoms with Gasteiger partial charge in [-0.05, 0) is 78.9 Å². The molecule has 130 valence electrons. The van der Waals surface area contributed by atoms with Crippen molar-refractivity contribution in [3.05, 3.63) is 0 Å². The molecular formula is C22H42. The van der Waals surface area contributed by atoms with Gasteiger partial charge in [-0.3, -0.25) is 0 Å². The van der Waals surface area contributed by atoms with E-state index in [-0.39, 0.29) is 0 Å². The standard InChI is InChI=1S/C20H36.C2H6/c1-14-6-8-16-17(19(3,4)12-10-14)11-13-20(5)15(2)7-9-18(16)20;1-2/h14-18H,6-13H2,1-5H3;1-2H3. The van der Waals surface area contributed by atoms with E-state index in [1.165, 1.54) is 51.4 Å². The van der Waals surface area contributed by atoms with Gasteiger partial charge in [0.25, 0.3) is 0 Å². The normalized spacial score (nSPS) is 47.3. The second-order valence-corrected chi connectivity index (χ2v) is 9.61. The fourth-order valence-electron chi connectivity index (χ4n) is 6.35. The second kappa shape index (κ2) is 6.86. The van der Waals surface area contributed by atoms with Crippen molar-refractivity contribution in [3.8, 4) is 0 Å². The van der Waals surface area contributed by atoms with Crippen LogP contribution in [0.2, 0.25) is 0 Å². The summed E-state index contributed by atoms with van der Waals surface area (Å²) in [7, 11) is 0. The molecule has 0 N–H and O–H groups in total. The van der Waals surface area contributed by atoms with Crippen LogP contribution < -0.4 is 0 Å². The molecule has 0 aromatic rings. The molecule has 0 aromatic heterocycles. The third-order valence-electron chi connectivity index (χ3n) is 8.19. The fourth-order valence-corrected chi connectivity index (χ4v) is 6.35. The first kappa shape index (κ1) is 18.3. The summed E-state index contributed by atoms with van der Waals surface area (Å²) in [5.74, 6) is 5.03. The molecule has 0 saturated heterocycles. The van der Waals surface area contributed by atoms with Crippen LogP contribution in [0.1, 0.15) is 99.8 Å². The molecule has 0 amide bonds. The Bertz CT molecular complexity index is 353. The highest BCUT2D eigenvalue weighted by atomic mass is 14.6. The molecule has 3 aliphatic carbocycles. The van der Waals surface area contributed by atoms with Gasteiger partial charge in [0, 0.05) is 0 Å². The molecule has 0 spiro atoms. The summed E-state index contributed by atoms with van der Waals surface area (Å²) in [6.45, 7) is 16.8. The highest BCUT2D eigenvalue weighted by Gasteiger charge is 2.54. The third kappa shape index (κ3) is 3.13. The number of rotatable bonds is 0. The summed E-state index contributed by atoms with van der Waals surface area (Å²) >= 11 is 0. The van der Waals surface area contributed by atoms with Gasteiger partial charge in [-0.1, -0.05) is 61.3 Å². The van der Waals surface area contributed by atoms with E-state index in [2.05, 4.69) is 34.6 Å². The van der Waals surface area contributed by atoms with Crippen LogP contribution in [0.15, 0.2) is 0 Å². The fraction of sp³-hybridized carbons (Fsp3) is 1.00. The van der Waals surface area contributed by atoms with Gasteiger partial charge < -0.3 is 0 Å². The van der Waals surface area contributed by atoms with Crippen LogP contribution >= 0.6 is 0 Å². The average molecular weight is 307 g/mol. The molecule has 0 heteroatoms. The SMILES string of the molecule is CC.CC1CCC2C(CCC3(C)C(C)CCC23)C(C)(C)CC1. The number of hydrogen-bond donors (Lipinski definition) is 0. The lowest BCUT2D eigenvalue weighted by Gasteiger charge is -2.54. The largest absolute Gasteiger partial charge is 0.0683 e. The van der Waals surface area contributed by atoms with E-state index < -0.39 is 0 Å². The summed E-state index contributed by atoms with van der Waals surface area (Å²) in [6.07, 6.45) is 12.0. The molecule has 3 aliphatic rings. The maximum atomic E-state index is 2.64. The molecule has 0 heterocycles. The van der Waals surface area contributed by atoms with E-state index in [9.17, 15) is 0 Å². The first-order chi connectivity index (χ1) is 10.3. The minimum absolute atomic E-state index is 0.590. The van der Waals surface area contributed by atoms with Gasteiger partial charge in [0.1, 0.15) is 0 Å². The molecule has 0 aromatic carbocycles. The first-order valence-electron chi connectivity index (χ1n) is 10.3. The monoisotopic (exact) mass is 306 g/mol. The molecule has 22 heavy (non-hydrogen) atoms.